The first-order chi connectivity index (χ1) is 9.33. The van der Waals surface area contributed by atoms with Crippen molar-refractivity contribution >= 4 is 34.0 Å². The van der Waals surface area contributed by atoms with Crippen LogP contribution in [0.3, 0.4) is 0 Å². The van der Waals surface area contributed by atoms with Gasteiger partial charge in [-0.15, -0.1) is 34.0 Å². The van der Waals surface area contributed by atoms with Crippen molar-refractivity contribution in [1.82, 2.24) is 10.3 Å². The molecule has 98 valence electrons. The molecule has 0 fully saturated rings. The van der Waals surface area contributed by atoms with Crippen molar-refractivity contribution in [3.8, 4) is 10.4 Å². The minimum absolute atomic E-state index is 0.312. The Morgan fingerprint density at radius 3 is 2.95 bits per heavy atom. The maximum Gasteiger partial charge on any atom is 0.109 e. The molecule has 3 heterocycles. The van der Waals surface area contributed by atoms with Crippen molar-refractivity contribution in [2.45, 2.75) is 19.5 Å². The first-order valence-electron chi connectivity index (χ1n) is 6.07. The van der Waals surface area contributed by atoms with Crippen molar-refractivity contribution < 1.29 is 0 Å². The van der Waals surface area contributed by atoms with E-state index in [9.17, 15) is 0 Å². The van der Waals surface area contributed by atoms with Gasteiger partial charge < -0.3 is 5.32 Å². The van der Waals surface area contributed by atoms with Crippen LogP contribution in [0.25, 0.3) is 10.4 Å². The molecule has 3 aromatic heterocycles. The maximum atomic E-state index is 4.34. The van der Waals surface area contributed by atoms with Gasteiger partial charge in [-0.25, -0.2) is 4.98 Å². The van der Waals surface area contributed by atoms with E-state index in [1.165, 1.54) is 15.3 Å². The first-order valence-corrected chi connectivity index (χ1v) is 8.71. The van der Waals surface area contributed by atoms with E-state index < -0.39 is 0 Å². The molecule has 1 atom stereocenters. The molecular formula is C14H14N2S3. The lowest BCUT2D eigenvalue weighted by Crippen LogP contribution is -2.17. The maximum absolute atomic E-state index is 4.34. The summed E-state index contributed by atoms with van der Waals surface area (Å²) in [5, 5.41) is 11.0. The summed E-state index contributed by atoms with van der Waals surface area (Å²) in [5.41, 5.74) is 1.33. The van der Waals surface area contributed by atoms with Crippen molar-refractivity contribution in [3.63, 3.8) is 0 Å². The number of thiophene rings is 2. The van der Waals surface area contributed by atoms with Gasteiger partial charge in [0.05, 0.1) is 6.04 Å². The van der Waals surface area contributed by atoms with Crippen LogP contribution < -0.4 is 5.32 Å². The Morgan fingerprint density at radius 2 is 2.21 bits per heavy atom. The Labute approximate surface area is 124 Å². The third-order valence-corrected chi connectivity index (χ3v) is 5.68. The zero-order valence-electron chi connectivity index (χ0n) is 10.5. The molecule has 0 spiro atoms. The van der Waals surface area contributed by atoms with Gasteiger partial charge in [-0.2, -0.15) is 0 Å². The van der Waals surface area contributed by atoms with Gasteiger partial charge in [-0.05, 0) is 29.8 Å². The van der Waals surface area contributed by atoms with Crippen molar-refractivity contribution in [2.75, 3.05) is 0 Å². The van der Waals surface area contributed by atoms with E-state index >= 15 is 0 Å². The van der Waals surface area contributed by atoms with E-state index in [1.807, 2.05) is 22.9 Å². The van der Waals surface area contributed by atoms with Crippen LogP contribution in [0.5, 0.6) is 0 Å². The van der Waals surface area contributed by atoms with Gasteiger partial charge in [-0.3, -0.25) is 0 Å². The molecular weight excluding hydrogens is 292 g/mol. The molecule has 2 nitrogen and oxygen atoms in total. The number of nitrogens with zero attached hydrogens (tertiary/aromatic N) is 1. The standard InChI is InChI=1S/C14H14N2S3/c1-10(14-15-4-6-18-14)16-8-12-7-11(9-19-12)13-3-2-5-17-13/h2-7,9-10,16H,8H2,1H3. The van der Waals surface area contributed by atoms with E-state index in [0.29, 0.717) is 6.04 Å². The van der Waals surface area contributed by atoms with Crippen molar-refractivity contribution in [1.29, 1.82) is 0 Å². The Morgan fingerprint density at radius 1 is 1.26 bits per heavy atom. The van der Waals surface area contributed by atoms with Crippen molar-refractivity contribution in [3.05, 3.63) is 50.4 Å². The predicted octanol–water partition coefficient (Wildman–Crippen LogP) is 4.78. The molecule has 1 N–H and O–H groups in total. The van der Waals surface area contributed by atoms with E-state index in [4.69, 9.17) is 0 Å². The minimum atomic E-state index is 0.312. The lowest BCUT2D eigenvalue weighted by atomic mass is 10.2. The Bertz CT molecular complexity index is 611. The van der Waals surface area contributed by atoms with E-state index in [1.54, 1.807) is 22.7 Å². The summed E-state index contributed by atoms with van der Waals surface area (Å²) in [6.07, 6.45) is 1.86. The Kier molecular flexibility index (Phi) is 4.08. The number of aromatic nitrogens is 1. The summed E-state index contributed by atoms with van der Waals surface area (Å²) in [6, 6.07) is 6.85. The van der Waals surface area contributed by atoms with Gasteiger partial charge in [0.25, 0.3) is 0 Å². The number of hydrogen-bond acceptors (Lipinski definition) is 5. The molecule has 1 unspecified atom stereocenters. The zero-order chi connectivity index (χ0) is 13.1. The highest BCUT2D eigenvalue weighted by Crippen LogP contribution is 2.29. The summed E-state index contributed by atoms with van der Waals surface area (Å²) in [6.45, 7) is 3.06. The fourth-order valence-electron chi connectivity index (χ4n) is 1.83. The lowest BCUT2D eigenvalue weighted by Gasteiger charge is -2.09. The molecule has 3 aromatic rings. The summed E-state index contributed by atoms with van der Waals surface area (Å²) < 4.78 is 0. The van der Waals surface area contributed by atoms with Gasteiger partial charge in [0.15, 0.2) is 0 Å². The number of rotatable bonds is 5. The van der Waals surface area contributed by atoms with Gasteiger partial charge in [0.1, 0.15) is 5.01 Å². The Balaban J connectivity index is 1.62. The summed E-state index contributed by atoms with van der Waals surface area (Å²) >= 11 is 5.30. The highest BCUT2D eigenvalue weighted by Gasteiger charge is 2.08. The van der Waals surface area contributed by atoms with Crippen LogP contribution in [0.4, 0.5) is 0 Å². The zero-order valence-corrected chi connectivity index (χ0v) is 12.9. The monoisotopic (exact) mass is 306 g/mol. The van der Waals surface area contributed by atoms with Crippen LogP contribution in [0.1, 0.15) is 22.9 Å². The normalized spacial score (nSPS) is 12.7. The molecule has 0 aromatic carbocycles. The molecule has 19 heavy (non-hydrogen) atoms. The van der Waals surface area contributed by atoms with Crippen LogP contribution in [0.2, 0.25) is 0 Å². The van der Waals surface area contributed by atoms with Gasteiger partial charge >= 0.3 is 0 Å². The molecule has 0 saturated carbocycles. The number of hydrogen-bond donors (Lipinski definition) is 1. The van der Waals surface area contributed by atoms with E-state index in [-0.39, 0.29) is 0 Å². The molecule has 0 bridgehead atoms. The minimum Gasteiger partial charge on any atom is -0.303 e. The van der Waals surface area contributed by atoms with Crippen LogP contribution in [-0.2, 0) is 6.54 Å². The molecule has 0 amide bonds. The molecule has 3 rings (SSSR count). The first kappa shape index (κ1) is 13.0. The van der Waals surface area contributed by atoms with E-state index in [2.05, 4.69) is 46.2 Å². The van der Waals surface area contributed by atoms with Crippen LogP contribution in [0.15, 0.2) is 40.5 Å². The highest BCUT2D eigenvalue weighted by molar-refractivity contribution is 7.14. The van der Waals surface area contributed by atoms with Crippen molar-refractivity contribution in [2.24, 2.45) is 0 Å². The summed E-state index contributed by atoms with van der Waals surface area (Å²) in [7, 11) is 0. The fraction of sp³-hybridized carbons (Fsp3) is 0.214. The quantitative estimate of drug-likeness (QED) is 0.733. The second kappa shape index (κ2) is 5.96. The topological polar surface area (TPSA) is 24.9 Å². The van der Waals surface area contributed by atoms with Gasteiger partial charge in [-0.1, -0.05) is 6.07 Å². The average molecular weight is 306 g/mol. The Hall–Kier alpha value is -1.01. The van der Waals surface area contributed by atoms with Gasteiger partial charge in [0.2, 0.25) is 0 Å². The molecule has 5 heteroatoms. The molecule has 0 radical (unpaired) electrons. The SMILES string of the molecule is CC(NCc1cc(-c2cccs2)cs1)c1nccs1. The summed E-state index contributed by atoms with van der Waals surface area (Å²) in [5.74, 6) is 0. The molecule has 0 saturated heterocycles. The largest absolute Gasteiger partial charge is 0.303 e. The average Bonchev–Trinajstić information content (AvgIpc) is 3.14. The molecule has 0 aliphatic carbocycles. The highest BCUT2D eigenvalue weighted by atomic mass is 32.1. The van der Waals surface area contributed by atoms with Crippen LogP contribution in [-0.4, -0.2) is 4.98 Å². The number of thiazole rings is 1. The predicted molar refractivity (Wildman–Crippen MR) is 85.0 cm³/mol. The summed E-state index contributed by atoms with van der Waals surface area (Å²) in [4.78, 5) is 7.05. The fourth-order valence-corrected chi connectivity index (χ4v) is 4.13. The molecule has 0 aliphatic heterocycles. The second-order valence-electron chi connectivity index (χ2n) is 4.25. The van der Waals surface area contributed by atoms with Gasteiger partial charge in [0, 0.05) is 33.4 Å². The van der Waals surface area contributed by atoms with E-state index in [0.717, 1.165) is 11.6 Å². The second-order valence-corrected chi connectivity index (χ2v) is 7.12. The lowest BCUT2D eigenvalue weighted by molar-refractivity contribution is 0.576. The number of nitrogens with one attached hydrogen (secondary N) is 1. The molecule has 0 aliphatic rings. The van der Waals surface area contributed by atoms with Crippen LogP contribution >= 0.6 is 34.0 Å². The third kappa shape index (κ3) is 3.12. The van der Waals surface area contributed by atoms with Crippen LogP contribution in [0, 0.1) is 0 Å². The smallest absolute Gasteiger partial charge is 0.109 e. The third-order valence-electron chi connectivity index (χ3n) is 2.86.